The molecule has 0 amide bonds. The highest BCUT2D eigenvalue weighted by Gasteiger charge is 2.25. The van der Waals surface area contributed by atoms with E-state index in [1.807, 2.05) is 30.3 Å². The number of nitrogens with zero attached hydrogens (tertiary/aromatic N) is 1. The molecule has 1 heterocycles. The van der Waals surface area contributed by atoms with E-state index in [1.165, 1.54) is 5.01 Å². The van der Waals surface area contributed by atoms with Crippen molar-refractivity contribution in [2.24, 2.45) is 5.84 Å². The third-order valence-electron chi connectivity index (χ3n) is 2.12. The highest BCUT2D eigenvalue weighted by Crippen LogP contribution is 2.16. The lowest BCUT2D eigenvalue weighted by Crippen LogP contribution is -2.61. The first-order chi connectivity index (χ1) is 7.18. The molecule has 1 aliphatic heterocycles. The van der Waals surface area contributed by atoms with Gasteiger partial charge in [-0.25, -0.2) is 5.84 Å². The lowest BCUT2D eigenvalue weighted by molar-refractivity contribution is 0.293. The Morgan fingerprint density at radius 1 is 1.20 bits per heavy atom. The first-order valence-electron chi connectivity index (χ1n) is 4.39. The standard InChI is InChI=1S/C9H10N4S2/c10-13-7(6-4-2-1-3-5-6)11-8(14)12-9(13)15/h1-5,7H,10H2,(H2,11,12,14,15). The first-order valence-corrected chi connectivity index (χ1v) is 5.20. The summed E-state index contributed by atoms with van der Waals surface area (Å²) in [6, 6.07) is 9.77. The van der Waals surface area contributed by atoms with E-state index in [1.54, 1.807) is 0 Å². The molecule has 4 N–H and O–H groups in total. The smallest absolute Gasteiger partial charge is 0.191 e. The molecule has 15 heavy (non-hydrogen) atoms. The number of nitrogens with two attached hydrogens (primary N) is 1. The minimum atomic E-state index is -0.201. The molecule has 4 nitrogen and oxygen atoms in total. The van der Waals surface area contributed by atoms with Gasteiger partial charge in [-0.2, -0.15) is 0 Å². The Bertz CT molecular complexity index is 392. The van der Waals surface area contributed by atoms with Gasteiger partial charge in [-0.3, -0.25) is 5.01 Å². The molecule has 1 atom stereocenters. The van der Waals surface area contributed by atoms with Crippen LogP contribution in [0.4, 0.5) is 0 Å². The fraction of sp³-hybridized carbons (Fsp3) is 0.111. The van der Waals surface area contributed by atoms with Crippen molar-refractivity contribution in [3.63, 3.8) is 0 Å². The molecule has 0 radical (unpaired) electrons. The minimum Gasteiger partial charge on any atom is -0.337 e. The largest absolute Gasteiger partial charge is 0.337 e. The summed E-state index contributed by atoms with van der Waals surface area (Å²) in [6.07, 6.45) is -0.201. The predicted molar refractivity (Wildman–Crippen MR) is 66.7 cm³/mol. The van der Waals surface area contributed by atoms with E-state index in [4.69, 9.17) is 30.3 Å². The molecule has 0 bridgehead atoms. The van der Waals surface area contributed by atoms with Crippen LogP contribution in [0.2, 0.25) is 0 Å². The number of benzene rings is 1. The summed E-state index contributed by atoms with van der Waals surface area (Å²) in [5.41, 5.74) is 1.02. The molecule has 6 heteroatoms. The summed E-state index contributed by atoms with van der Waals surface area (Å²) >= 11 is 10.1. The van der Waals surface area contributed by atoms with E-state index in [-0.39, 0.29) is 6.17 Å². The second-order valence-electron chi connectivity index (χ2n) is 3.12. The molecule has 1 aromatic rings. The van der Waals surface area contributed by atoms with Crippen LogP contribution in [0.1, 0.15) is 11.7 Å². The lowest BCUT2D eigenvalue weighted by atomic mass is 10.1. The monoisotopic (exact) mass is 238 g/mol. The van der Waals surface area contributed by atoms with Gasteiger partial charge in [0, 0.05) is 0 Å². The van der Waals surface area contributed by atoms with E-state index >= 15 is 0 Å². The summed E-state index contributed by atoms with van der Waals surface area (Å²) < 4.78 is 0. The summed E-state index contributed by atoms with van der Waals surface area (Å²) in [4.78, 5) is 0. The molecule has 78 valence electrons. The van der Waals surface area contributed by atoms with Crippen molar-refractivity contribution >= 4 is 34.7 Å². The Balaban J connectivity index is 2.28. The van der Waals surface area contributed by atoms with Gasteiger partial charge < -0.3 is 10.6 Å². The molecule has 1 fully saturated rings. The molecule has 0 spiro atoms. The van der Waals surface area contributed by atoms with Crippen LogP contribution in [0.3, 0.4) is 0 Å². The number of rotatable bonds is 1. The van der Waals surface area contributed by atoms with Crippen LogP contribution in [-0.2, 0) is 0 Å². The van der Waals surface area contributed by atoms with E-state index in [2.05, 4.69) is 10.6 Å². The number of hydrazine groups is 1. The average molecular weight is 238 g/mol. The highest BCUT2D eigenvalue weighted by atomic mass is 32.1. The van der Waals surface area contributed by atoms with Gasteiger partial charge in [0.1, 0.15) is 6.17 Å². The van der Waals surface area contributed by atoms with Crippen LogP contribution in [0, 0.1) is 0 Å². The Hall–Kier alpha value is -1.24. The van der Waals surface area contributed by atoms with E-state index in [0.29, 0.717) is 10.2 Å². The fourth-order valence-corrected chi connectivity index (χ4v) is 1.87. The zero-order valence-corrected chi connectivity index (χ0v) is 9.44. The number of hydrogen-bond acceptors (Lipinski definition) is 3. The predicted octanol–water partition coefficient (Wildman–Crippen LogP) is 0.623. The molecule has 0 aromatic heterocycles. The van der Waals surface area contributed by atoms with Crippen LogP contribution in [0.15, 0.2) is 30.3 Å². The maximum Gasteiger partial charge on any atom is 0.191 e. The lowest BCUT2D eigenvalue weighted by Gasteiger charge is -2.36. The first kappa shape index (κ1) is 10.3. The summed E-state index contributed by atoms with van der Waals surface area (Å²) in [5, 5.41) is 8.19. The number of nitrogens with one attached hydrogen (secondary N) is 2. The third kappa shape index (κ3) is 2.06. The average Bonchev–Trinajstić information content (AvgIpc) is 2.24. The SMILES string of the molecule is NN1C(=S)NC(=S)NC1c1ccccc1. The van der Waals surface area contributed by atoms with E-state index in [0.717, 1.165) is 5.56 Å². The van der Waals surface area contributed by atoms with Crippen LogP contribution in [-0.4, -0.2) is 15.2 Å². The Morgan fingerprint density at radius 2 is 1.87 bits per heavy atom. The summed E-state index contributed by atoms with van der Waals surface area (Å²) in [6.45, 7) is 0. The summed E-state index contributed by atoms with van der Waals surface area (Å²) in [7, 11) is 0. The molecule has 1 aliphatic rings. The molecule has 1 aromatic carbocycles. The van der Waals surface area contributed by atoms with Gasteiger partial charge in [0.2, 0.25) is 0 Å². The van der Waals surface area contributed by atoms with Crippen LogP contribution in [0.25, 0.3) is 0 Å². The second kappa shape index (κ2) is 4.09. The summed E-state index contributed by atoms with van der Waals surface area (Å²) in [5.74, 6) is 5.82. The van der Waals surface area contributed by atoms with Crippen molar-refractivity contribution in [2.75, 3.05) is 0 Å². The van der Waals surface area contributed by atoms with Crippen molar-refractivity contribution in [2.45, 2.75) is 6.17 Å². The molecular formula is C9H10N4S2. The van der Waals surface area contributed by atoms with Crippen molar-refractivity contribution in [1.82, 2.24) is 15.6 Å². The van der Waals surface area contributed by atoms with Gasteiger partial charge in [-0.15, -0.1) is 0 Å². The Morgan fingerprint density at radius 3 is 2.53 bits per heavy atom. The van der Waals surface area contributed by atoms with Crippen LogP contribution in [0.5, 0.6) is 0 Å². The number of hydrogen-bond donors (Lipinski definition) is 3. The van der Waals surface area contributed by atoms with Crippen LogP contribution >= 0.6 is 24.4 Å². The third-order valence-corrected chi connectivity index (χ3v) is 2.65. The van der Waals surface area contributed by atoms with Crippen LogP contribution < -0.4 is 16.5 Å². The molecule has 0 aliphatic carbocycles. The maximum absolute atomic E-state index is 5.82. The zero-order chi connectivity index (χ0) is 10.8. The molecule has 1 unspecified atom stereocenters. The van der Waals surface area contributed by atoms with Gasteiger partial charge in [-0.05, 0) is 30.0 Å². The maximum atomic E-state index is 5.82. The van der Waals surface area contributed by atoms with Gasteiger partial charge >= 0.3 is 0 Å². The second-order valence-corrected chi connectivity index (χ2v) is 3.92. The van der Waals surface area contributed by atoms with E-state index in [9.17, 15) is 0 Å². The van der Waals surface area contributed by atoms with Gasteiger partial charge in [0.05, 0.1) is 0 Å². The Kier molecular flexibility index (Phi) is 2.81. The molecule has 0 saturated carbocycles. The van der Waals surface area contributed by atoms with Gasteiger partial charge in [0.25, 0.3) is 0 Å². The van der Waals surface area contributed by atoms with Gasteiger partial charge in [-0.1, -0.05) is 30.3 Å². The highest BCUT2D eigenvalue weighted by molar-refractivity contribution is 7.81. The van der Waals surface area contributed by atoms with E-state index < -0.39 is 0 Å². The number of thiocarbonyl (C=S) groups is 2. The fourth-order valence-electron chi connectivity index (χ4n) is 1.39. The molecule has 2 rings (SSSR count). The van der Waals surface area contributed by atoms with Crippen molar-refractivity contribution in [3.8, 4) is 0 Å². The quantitative estimate of drug-likeness (QED) is 0.493. The van der Waals surface area contributed by atoms with Crippen molar-refractivity contribution < 1.29 is 0 Å². The Labute approximate surface area is 98.4 Å². The topological polar surface area (TPSA) is 53.3 Å². The molecule has 1 saturated heterocycles. The minimum absolute atomic E-state index is 0.201. The van der Waals surface area contributed by atoms with Gasteiger partial charge in [0.15, 0.2) is 10.2 Å². The normalized spacial score (nSPS) is 20.9. The van der Waals surface area contributed by atoms with Crippen molar-refractivity contribution in [3.05, 3.63) is 35.9 Å². The zero-order valence-electron chi connectivity index (χ0n) is 7.81. The van der Waals surface area contributed by atoms with Crippen molar-refractivity contribution in [1.29, 1.82) is 0 Å². The molecular weight excluding hydrogens is 228 g/mol.